The summed E-state index contributed by atoms with van der Waals surface area (Å²) in [5.41, 5.74) is 2.76. The first-order valence-electron chi connectivity index (χ1n) is 9.17. The Bertz CT molecular complexity index is 1160. The molecule has 0 radical (unpaired) electrons. The van der Waals surface area contributed by atoms with Crippen molar-refractivity contribution < 1.29 is 18.0 Å². The van der Waals surface area contributed by atoms with Gasteiger partial charge in [0.25, 0.3) is 15.9 Å². The highest BCUT2D eigenvalue weighted by molar-refractivity contribution is 7.94. The molecular weight excluding hydrogens is 422 g/mol. The summed E-state index contributed by atoms with van der Waals surface area (Å²) in [5, 5.41) is 7.27. The smallest absolute Gasteiger partial charge is 0.271 e. The number of rotatable bonds is 7. The van der Waals surface area contributed by atoms with Crippen LogP contribution in [-0.2, 0) is 14.8 Å². The van der Waals surface area contributed by atoms with Gasteiger partial charge in [-0.25, -0.2) is 8.42 Å². The molecule has 2 aromatic carbocycles. The molecule has 0 aliphatic carbocycles. The van der Waals surface area contributed by atoms with Gasteiger partial charge in [0, 0.05) is 29.0 Å². The third-order valence-corrected chi connectivity index (χ3v) is 7.03. The number of nitrogens with one attached hydrogen (secondary N) is 3. The van der Waals surface area contributed by atoms with E-state index in [-0.39, 0.29) is 16.0 Å². The molecule has 0 aliphatic heterocycles. The molecule has 0 spiro atoms. The van der Waals surface area contributed by atoms with Gasteiger partial charge >= 0.3 is 0 Å². The maximum Gasteiger partial charge on any atom is 0.271 e. The maximum absolute atomic E-state index is 12.6. The second-order valence-corrected chi connectivity index (χ2v) is 9.36. The predicted molar refractivity (Wildman–Crippen MR) is 120 cm³/mol. The van der Waals surface area contributed by atoms with Gasteiger partial charge in [-0.1, -0.05) is 19.1 Å². The van der Waals surface area contributed by atoms with E-state index in [1.807, 2.05) is 13.0 Å². The molecule has 3 rings (SSSR count). The molecule has 0 unspecified atom stereocenters. The molecule has 0 atom stereocenters. The lowest BCUT2D eigenvalue weighted by Crippen LogP contribution is -2.15. The van der Waals surface area contributed by atoms with Crippen LogP contribution >= 0.6 is 11.3 Å². The number of anilines is 3. The summed E-state index contributed by atoms with van der Waals surface area (Å²) in [7, 11) is -3.64. The van der Waals surface area contributed by atoms with Gasteiger partial charge in [-0.15, -0.1) is 11.3 Å². The Balaban J connectivity index is 1.71. The Kier molecular flexibility index (Phi) is 6.53. The van der Waals surface area contributed by atoms with E-state index in [2.05, 4.69) is 15.4 Å². The molecule has 3 aromatic rings. The number of carbonyl (C=O) groups is 2. The molecule has 2 amide bonds. The van der Waals surface area contributed by atoms with Gasteiger partial charge in [0.2, 0.25) is 5.91 Å². The van der Waals surface area contributed by atoms with E-state index in [4.69, 9.17) is 0 Å². The van der Waals surface area contributed by atoms with Crippen molar-refractivity contribution in [2.45, 2.75) is 24.5 Å². The van der Waals surface area contributed by atoms with Gasteiger partial charge in [0.05, 0.1) is 0 Å². The topological polar surface area (TPSA) is 104 Å². The largest absolute Gasteiger partial charge is 0.326 e. The van der Waals surface area contributed by atoms with Crippen LogP contribution in [0.15, 0.2) is 64.2 Å². The van der Waals surface area contributed by atoms with E-state index in [9.17, 15) is 18.0 Å². The summed E-state index contributed by atoms with van der Waals surface area (Å²) in [4.78, 5) is 24.2. The van der Waals surface area contributed by atoms with E-state index in [1.54, 1.807) is 42.6 Å². The average Bonchev–Trinajstić information content (AvgIpc) is 3.26. The fourth-order valence-corrected chi connectivity index (χ4v) is 4.64. The van der Waals surface area contributed by atoms with Crippen LogP contribution in [0.25, 0.3) is 0 Å². The highest BCUT2D eigenvalue weighted by Gasteiger charge is 2.15. The van der Waals surface area contributed by atoms with Gasteiger partial charge in [-0.05, 0) is 60.3 Å². The lowest BCUT2D eigenvalue weighted by atomic mass is 10.1. The van der Waals surface area contributed by atoms with E-state index < -0.39 is 10.0 Å². The standard InChI is InChI=1S/C21H21N3O4S2/c1-3-19(25)22-17-9-6-14(2)18(13-17)23-21(26)15-7-10-16(11-8-15)24-30(27,28)20-5-4-12-29-20/h4-13,24H,3H2,1-2H3,(H,22,25)(H,23,26). The van der Waals surface area contributed by atoms with E-state index in [1.165, 1.54) is 18.2 Å². The van der Waals surface area contributed by atoms with Crippen molar-refractivity contribution in [3.05, 3.63) is 71.1 Å². The quantitative estimate of drug-likeness (QED) is 0.501. The van der Waals surface area contributed by atoms with Crippen LogP contribution in [-0.4, -0.2) is 20.2 Å². The van der Waals surface area contributed by atoms with Crippen molar-refractivity contribution in [3.63, 3.8) is 0 Å². The summed E-state index contributed by atoms with van der Waals surface area (Å²) >= 11 is 1.13. The minimum absolute atomic E-state index is 0.114. The van der Waals surface area contributed by atoms with Crippen molar-refractivity contribution in [3.8, 4) is 0 Å². The minimum atomic E-state index is -3.64. The van der Waals surface area contributed by atoms with Crippen molar-refractivity contribution in [2.75, 3.05) is 15.4 Å². The molecule has 3 N–H and O–H groups in total. The zero-order valence-electron chi connectivity index (χ0n) is 16.4. The first-order chi connectivity index (χ1) is 14.3. The van der Waals surface area contributed by atoms with Gasteiger partial charge in [0.1, 0.15) is 4.21 Å². The molecule has 1 aromatic heterocycles. The number of hydrogen-bond acceptors (Lipinski definition) is 5. The van der Waals surface area contributed by atoms with Crippen LogP contribution in [0.1, 0.15) is 29.3 Å². The number of aryl methyl sites for hydroxylation is 1. The van der Waals surface area contributed by atoms with Crippen molar-refractivity contribution in [1.29, 1.82) is 0 Å². The Morgan fingerprint density at radius 1 is 0.967 bits per heavy atom. The third kappa shape index (κ3) is 5.25. The van der Waals surface area contributed by atoms with Gasteiger partial charge < -0.3 is 10.6 Å². The van der Waals surface area contributed by atoms with E-state index in [0.717, 1.165) is 16.9 Å². The molecule has 0 aliphatic rings. The molecule has 156 valence electrons. The summed E-state index contributed by atoms with van der Waals surface area (Å²) in [5.74, 6) is -0.457. The van der Waals surface area contributed by atoms with Crippen molar-refractivity contribution in [2.24, 2.45) is 0 Å². The predicted octanol–water partition coefficient (Wildman–Crippen LogP) is 4.46. The lowest BCUT2D eigenvalue weighted by molar-refractivity contribution is -0.115. The number of carbonyl (C=O) groups excluding carboxylic acids is 2. The Labute approximate surface area is 179 Å². The van der Waals surface area contributed by atoms with E-state index >= 15 is 0 Å². The second kappa shape index (κ2) is 9.10. The number of sulfonamides is 1. The van der Waals surface area contributed by atoms with Gasteiger partial charge in [-0.3, -0.25) is 14.3 Å². The highest BCUT2D eigenvalue weighted by Crippen LogP contribution is 2.23. The molecule has 1 heterocycles. The molecular formula is C21H21N3O4S2. The number of hydrogen-bond donors (Lipinski definition) is 3. The van der Waals surface area contributed by atoms with Crippen LogP contribution in [0.3, 0.4) is 0 Å². The van der Waals surface area contributed by atoms with Crippen LogP contribution in [0.5, 0.6) is 0 Å². The fraction of sp³-hybridized carbons (Fsp3) is 0.143. The molecule has 0 saturated heterocycles. The van der Waals surface area contributed by atoms with Crippen LogP contribution < -0.4 is 15.4 Å². The molecule has 30 heavy (non-hydrogen) atoms. The first-order valence-corrected chi connectivity index (χ1v) is 11.5. The Morgan fingerprint density at radius 2 is 1.67 bits per heavy atom. The monoisotopic (exact) mass is 443 g/mol. The van der Waals surface area contributed by atoms with Crippen molar-refractivity contribution >= 4 is 50.2 Å². The SMILES string of the molecule is CCC(=O)Nc1ccc(C)c(NC(=O)c2ccc(NS(=O)(=O)c3cccs3)cc2)c1. The van der Waals surface area contributed by atoms with Gasteiger partial charge in [-0.2, -0.15) is 0 Å². The van der Waals surface area contributed by atoms with Crippen LogP contribution in [0, 0.1) is 6.92 Å². The number of amides is 2. The minimum Gasteiger partial charge on any atom is -0.326 e. The molecule has 9 heteroatoms. The first kappa shape index (κ1) is 21.5. The molecule has 0 saturated carbocycles. The molecule has 7 nitrogen and oxygen atoms in total. The number of benzene rings is 2. The third-order valence-electron chi connectivity index (χ3n) is 4.25. The molecule has 0 bridgehead atoms. The van der Waals surface area contributed by atoms with Crippen molar-refractivity contribution in [1.82, 2.24) is 0 Å². The van der Waals surface area contributed by atoms with Crippen LogP contribution in [0.2, 0.25) is 0 Å². The second-order valence-electron chi connectivity index (χ2n) is 6.50. The maximum atomic E-state index is 12.6. The molecule has 0 fully saturated rings. The van der Waals surface area contributed by atoms with E-state index in [0.29, 0.717) is 29.0 Å². The lowest BCUT2D eigenvalue weighted by Gasteiger charge is -2.12. The summed E-state index contributed by atoms with van der Waals surface area (Å²) in [6.45, 7) is 3.61. The van der Waals surface area contributed by atoms with Crippen LogP contribution in [0.4, 0.5) is 17.1 Å². The summed E-state index contributed by atoms with van der Waals surface area (Å²) in [6.07, 6.45) is 0.359. The number of thiophene rings is 1. The summed E-state index contributed by atoms with van der Waals surface area (Å²) < 4.78 is 27.3. The Hall–Kier alpha value is -3.17. The Morgan fingerprint density at radius 3 is 2.30 bits per heavy atom. The zero-order chi connectivity index (χ0) is 21.7. The fourth-order valence-electron chi connectivity index (χ4n) is 2.59. The van der Waals surface area contributed by atoms with Gasteiger partial charge in [0.15, 0.2) is 0 Å². The average molecular weight is 444 g/mol. The summed E-state index contributed by atoms with van der Waals surface area (Å²) in [6, 6.07) is 14.6. The highest BCUT2D eigenvalue weighted by atomic mass is 32.2. The normalized spacial score (nSPS) is 11.0. The zero-order valence-corrected chi connectivity index (χ0v) is 18.1.